The first-order chi connectivity index (χ1) is 17.0. The van der Waals surface area contributed by atoms with E-state index < -0.39 is 28.7 Å². The quantitative estimate of drug-likeness (QED) is 0.358. The molecule has 1 aliphatic carbocycles. The van der Waals surface area contributed by atoms with E-state index in [9.17, 15) is 24.3 Å². The number of phenolic OH excluding ortho intramolecular Hbond substituents is 1. The van der Waals surface area contributed by atoms with E-state index in [0.29, 0.717) is 12.8 Å². The van der Waals surface area contributed by atoms with E-state index in [1.807, 2.05) is 13.8 Å². The summed E-state index contributed by atoms with van der Waals surface area (Å²) in [6, 6.07) is 5.43. The summed E-state index contributed by atoms with van der Waals surface area (Å²) in [7, 11) is 3.58. The van der Waals surface area contributed by atoms with Crippen LogP contribution in [-0.2, 0) is 30.3 Å². The van der Waals surface area contributed by atoms with E-state index >= 15 is 0 Å². The first-order valence-electron chi connectivity index (χ1n) is 12.4. The standard InChI is InChI=1S/C26H39N3O6S/c1-6-35-24(33)20(15-18-9-11-19(30)12-10-18)27-25(34)26(13-7-8-14-26)28-23(32)22(17(2)3)36-21(31)16-29(4)5/h9-12,17,20,22,30H,6-8,13-16H2,1-5H3,(H,27,34)(H,28,32)/t20-,22-/m0/s1. The van der Waals surface area contributed by atoms with Gasteiger partial charge in [0, 0.05) is 6.42 Å². The van der Waals surface area contributed by atoms with E-state index in [4.69, 9.17) is 4.74 Å². The van der Waals surface area contributed by atoms with Crippen molar-refractivity contribution < 1.29 is 29.0 Å². The Bertz CT molecular complexity index is 913. The fourth-order valence-electron chi connectivity index (χ4n) is 4.22. The number of likely N-dealkylation sites (N-methyl/N-ethyl adjacent to an activating group) is 1. The number of carbonyl (C=O) groups is 4. The van der Waals surface area contributed by atoms with Crippen LogP contribution in [0.1, 0.15) is 52.0 Å². The van der Waals surface area contributed by atoms with Gasteiger partial charge < -0.3 is 25.4 Å². The lowest BCUT2D eigenvalue weighted by atomic mass is 9.94. The van der Waals surface area contributed by atoms with Crippen molar-refractivity contribution in [3.05, 3.63) is 29.8 Å². The number of ether oxygens (including phenoxy) is 1. The van der Waals surface area contributed by atoms with Crippen molar-refractivity contribution in [3.8, 4) is 5.75 Å². The molecule has 0 radical (unpaired) electrons. The molecule has 0 aliphatic heterocycles. The number of phenols is 1. The molecular weight excluding hydrogens is 482 g/mol. The van der Waals surface area contributed by atoms with Crippen molar-refractivity contribution in [2.24, 2.45) is 5.92 Å². The van der Waals surface area contributed by atoms with Crippen molar-refractivity contribution in [3.63, 3.8) is 0 Å². The SMILES string of the molecule is CCOC(=O)[C@H](Cc1ccc(O)cc1)NC(=O)C1(NC(=O)[C@@H](SC(=O)CN(C)C)C(C)C)CCCC1. The molecule has 2 amide bonds. The molecule has 0 aromatic heterocycles. The Morgan fingerprint density at radius 3 is 2.25 bits per heavy atom. The average molecular weight is 522 g/mol. The van der Waals surface area contributed by atoms with Gasteiger partial charge in [-0.2, -0.15) is 0 Å². The third-order valence-electron chi connectivity index (χ3n) is 6.07. The smallest absolute Gasteiger partial charge is 0.328 e. The zero-order valence-corrected chi connectivity index (χ0v) is 22.7. The molecule has 1 fully saturated rings. The maximum atomic E-state index is 13.6. The monoisotopic (exact) mass is 521 g/mol. The van der Waals surface area contributed by atoms with Crippen molar-refractivity contribution in [1.29, 1.82) is 0 Å². The summed E-state index contributed by atoms with van der Waals surface area (Å²) in [6.45, 7) is 5.81. The lowest BCUT2D eigenvalue weighted by Crippen LogP contribution is -2.61. The number of benzene rings is 1. The Balaban J connectivity index is 2.20. The lowest BCUT2D eigenvalue weighted by Gasteiger charge is -2.33. The highest BCUT2D eigenvalue weighted by Gasteiger charge is 2.45. The largest absolute Gasteiger partial charge is 0.508 e. The summed E-state index contributed by atoms with van der Waals surface area (Å²) < 4.78 is 5.19. The van der Waals surface area contributed by atoms with Crippen LogP contribution in [0.25, 0.3) is 0 Å². The molecule has 2 rings (SSSR count). The Morgan fingerprint density at radius 2 is 1.72 bits per heavy atom. The van der Waals surface area contributed by atoms with E-state index in [-0.39, 0.29) is 42.3 Å². The molecule has 0 saturated heterocycles. The Morgan fingerprint density at radius 1 is 1.11 bits per heavy atom. The van der Waals surface area contributed by atoms with Crippen molar-refractivity contribution in [1.82, 2.24) is 15.5 Å². The number of hydrogen-bond acceptors (Lipinski definition) is 8. The van der Waals surface area contributed by atoms with Crippen molar-refractivity contribution in [2.75, 3.05) is 27.2 Å². The number of esters is 1. The summed E-state index contributed by atoms with van der Waals surface area (Å²) in [5, 5.41) is 14.6. The molecule has 0 heterocycles. The number of nitrogens with zero attached hydrogens (tertiary/aromatic N) is 1. The molecule has 36 heavy (non-hydrogen) atoms. The van der Waals surface area contributed by atoms with Crippen LogP contribution in [0, 0.1) is 5.92 Å². The number of hydrogen-bond donors (Lipinski definition) is 3. The molecule has 1 saturated carbocycles. The van der Waals surface area contributed by atoms with Gasteiger partial charge in [-0.25, -0.2) is 4.79 Å². The van der Waals surface area contributed by atoms with Gasteiger partial charge in [0.15, 0.2) is 0 Å². The second kappa shape index (κ2) is 13.6. The summed E-state index contributed by atoms with van der Waals surface area (Å²) in [5.74, 6) is -1.37. The highest BCUT2D eigenvalue weighted by atomic mass is 32.2. The molecule has 200 valence electrons. The summed E-state index contributed by atoms with van der Waals surface area (Å²) in [5.41, 5.74) is -0.416. The minimum Gasteiger partial charge on any atom is -0.508 e. The van der Waals surface area contributed by atoms with Gasteiger partial charge >= 0.3 is 5.97 Å². The molecule has 0 bridgehead atoms. The topological polar surface area (TPSA) is 125 Å². The highest BCUT2D eigenvalue weighted by Crippen LogP contribution is 2.32. The van der Waals surface area contributed by atoms with Gasteiger partial charge in [0.25, 0.3) is 0 Å². The van der Waals surface area contributed by atoms with Gasteiger partial charge in [0.1, 0.15) is 17.3 Å². The van der Waals surface area contributed by atoms with Gasteiger partial charge in [-0.3, -0.25) is 14.4 Å². The lowest BCUT2D eigenvalue weighted by molar-refractivity contribution is -0.148. The van der Waals surface area contributed by atoms with Crippen LogP contribution in [0.2, 0.25) is 0 Å². The second-order valence-electron chi connectivity index (χ2n) is 9.82. The molecule has 1 aromatic carbocycles. The minimum atomic E-state index is -1.16. The molecule has 9 nitrogen and oxygen atoms in total. The maximum Gasteiger partial charge on any atom is 0.328 e. The number of aromatic hydroxyl groups is 1. The normalized spacial score (nSPS) is 16.4. The van der Waals surface area contributed by atoms with Crippen molar-refractivity contribution in [2.45, 2.75) is 69.7 Å². The zero-order chi connectivity index (χ0) is 26.9. The molecule has 3 N–H and O–H groups in total. The number of thioether (sulfide) groups is 1. The second-order valence-corrected chi connectivity index (χ2v) is 11.0. The summed E-state index contributed by atoms with van der Waals surface area (Å²) in [6.07, 6.45) is 2.59. The maximum absolute atomic E-state index is 13.6. The number of nitrogens with one attached hydrogen (secondary N) is 2. The van der Waals surface area contributed by atoms with Crippen LogP contribution in [0.5, 0.6) is 5.75 Å². The Labute approximate surface area is 217 Å². The molecule has 1 aromatic rings. The number of carbonyl (C=O) groups excluding carboxylic acids is 4. The number of rotatable bonds is 12. The summed E-state index contributed by atoms with van der Waals surface area (Å²) in [4.78, 5) is 53.7. The first kappa shape index (κ1) is 29.6. The van der Waals surface area contributed by atoms with Crippen LogP contribution in [0.3, 0.4) is 0 Å². The highest BCUT2D eigenvalue weighted by molar-refractivity contribution is 8.14. The van der Waals surface area contributed by atoms with E-state index in [1.54, 1.807) is 38.1 Å². The van der Waals surface area contributed by atoms with Crippen molar-refractivity contribution >= 4 is 34.7 Å². The van der Waals surface area contributed by atoms with Crippen LogP contribution in [-0.4, -0.2) is 77.0 Å². The van der Waals surface area contributed by atoms with Gasteiger partial charge in [0.05, 0.1) is 18.4 Å². The van der Waals surface area contributed by atoms with Crippen LogP contribution in [0.15, 0.2) is 24.3 Å². The molecular formula is C26H39N3O6S. The van der Waals surface area contributed by atoms with E-state index in [1.165, 1.54) is 12.1 Å². The Kier molecular flexibility index (Phi) is 11.2. The van der Waals surface area contributed by atoms with Gasteiger partial charge in [-0.05, 0) is 57.5 Å². The first-order valence-corrected chi connectivity index (χ1v) is 13.3. The predicted molar refractivity (Wildman–Crippen MR) is 139 cm³/mol. The third kappa shape index (κ3) is 8.51. The Hall–Kier alpha value is -2.59. The molecule has 10 heteroatoms. The van der Waals surface area contributed by atoms with Crippen LogP contribution >= 0.6 is 11.8 Å². The molecule has 2 atom stereocenters. The summed E-state index contributed by atoms with van der Waals surface area (Å²) >= 11 is 0.992. The third-order valence-corrected chi connectivity index (χ3v) is 7.48. The zero-order valence-electron chi connectivity index (χ0n) is 21.8. The van der Waals surface area contributed by atoms with Gasteiger partial charge in [-0.1, -0.05) is 50.6 Å². The van der Waals surface area contributed by atoms with E-state index in [0.717, 1.165) is 30.2 Å². The number of amides is 2. The van der Waals surface area contributed by atoms with E-state index in [2.05, 4.69) is 10.6 Å². The fourth-order valence-corrected chi connectivity index (χ4v) is 5.28. The van der Waals surface area contributed by atoms with Gasteiger partial charge in [-0.15, -0.1) is 0 Å². The predicted octanol–water partition coefficient (Wildman–Crippen LogP) is 2.26. The van der Waals surface area contributed by atoms with Crippen LogP contribution in [0.4, 0.5) is 0 Å². The molecule has 1 aliphatic rings. The molecule has 0 unspecified atom stereocenters. The van der Waals surface area contributed by atoms with Crippen LogP contribution < -0.4 is 10.6 Å². The molecule has 0 spiro atoms. The van der Waals surface area contributed by atoms with Gasteiger partial charge in [0.2, 0.25) is 16.9 Å². The minimum absolute atomic E-state index is 0.102. The average Bonchev–Trinajstić information content (AvgIpc) is 3.27. The fraction of sp³-hybridized carbons (Fsp3) is 0.615.